The van der Waals surface area contributed by atoms with Crippen molar-refractivity contribution in [3.63, 3.8) is 0 Å². The van der Waals surface area contributed by atoms with E-state index >= 15 is 0 Å². The number of carbonyl (C=O) groups excluding carboxylic acids is 1. The lowest BCUT2D eigenvalue weighted by Gasteiger charge is -2.18. The zero-order valence-electron chi connectivity index (χ0n) is 13.1. The highest BCUT2D eigenvalue weighted by molar-refractivity contribution is 5.78. The first-order valence-corrected chi connectivity index (χ1v) is 7.86. The highest BCUT2D eigenvalue weighted by Gasteiger charge is 2.15. The van der Waals surface area contributed by atoms with Crippen molar-refractivity contribution >= 4 is 11.6 Å². The van der Waals surface area contributed by atoms with Crippen LogP contribution in [0.15, 0.2) is 12.1 Å². The van der Waals surface area contributed by atoms with Gasteiger partial charge in [0.2, 0.25) is 0 Å². The predicted octanol–water partition coefficient (Wildman–Crippen LogP) is 3.10. The highest BCUT2D eigenvalue weighted by Crippen LogP contribution is 2.27. The monoisotopic (exact) mass is 290 g/mol. The number of hydrogen-bond acceptors (Lipinski definition) is 3. The fraction of sp³-hybridized carbons (Fsp3) is 0.588. The van der Waals surface area contributed by atoms with Gasteiger partial charge in [0, 0.05) is 17.3 Å². The van der Waals surface area contributed by atoms with Gasteiger partial charge in [-0.2, -0.15) is 0 Å². The summed E-state index contributed by atoms with van der Waals surface area (Å²) in [4.78, 5) is 12.0. The summed E-state index contributed by atoms with van der Waals surface area (Å²) in [7, 11) is 0. The Labute approximate surface area is 127 Å². The third kappa shape index (κ3) is 4.38. The van der Waals surface area contributed by atoms with Crippen LogP contribution in [0.2, 0.25) is 0 Å². The van der Waals surface area contributed by atoms with Gasteiger partial charge in [-0.05, 0) is 38.3 Å². The van der Waals surface area contributed by atoms with Crippen LogP contribution in [0.3, 0.4) is 0 Å². The van der Waals surface area contributed by atoms with Crippen LogP contribution < -0.4 is 15.8 Å². The molecule has 1 aromatic rings. The van der Waals surface area contributed by atoms with Crippen LogP contribution in [-0.2, 0) is 4.79 Å². The van der Waals surface area contributed by atoms with E-state index in [9.17, 15) is 4.79 Å². The van der Waals surface area contributed by atoms with Gasteiger partial charge in [0.15, 0.2) is 6.61 Å². The van der Waals surface area contributed by atoms with Crippen molar-refractivity contribution in [3.05, 3.63) is 23.3 Å². The number of benzene rings is 1. The number of anilines is 1. The quantitative estimate of drug-likeness (QED) is 0.661. The summed E-state index contributed by atoms with van der Waals surface area (Å²) in [5.41, 5.74) is 8.48. The molecular weight excluding hydrogens is 264 g/mol. The molecule has 4 heteroatoms. The normalized spacial score (nSPS) is 16.3. The molecule has 0 aromatic heterocycles. The van der Waals surface area contributed by atoms with E-state index in [0.717, 1.165) is 29.7 Å². The van der Waals surface area contributed by atoms with Crippen LogP contribution in [0.4, 0.5) is 5.69 Å². The average Bonchev–Trinajstić information content (AvgIpc) is 2.72. The second-order valence-electron chi connectivity index (χ2n) is 5.97. The maximum absolute atomic E-state index is 12.0. The molecule has 0 radical (unpaired) electrons. The number of nitrogens with two attached hydrogens (primary N) is 1. The first-order valence-electron chi connectivity index (χ1n) is 7.86. The number of nitrogens with one attached hydrogen (secondary N) is 1. The van der Waals surface area contributed by atoms with Crippen molar-refractivity contribution in [1.82, 2.24) is 5.32 Å². The van der Waals surface area contributed by atoms with E-state index in [1.54, 1.807) is 0 Å². The van der Waals surface area contributed by atoms with E-state index in [0.29, 0.717) is 11.7 Å². The predicted molar refractivity (Wildman–Crippen MR) is 85.5 cm³/mol. The molecule has 0 unspecified atom stereocenters. The molecule has 1 amide bonds. The molecule has 0 spiro atoms. The first kappa shape index (κ1) is 15.7. The van der Waals surface area contributed by atoms with Crippen molar-refractivity contribution < 1.29 is 9.53 Å². The lowest BCUT2D eigenvalue weighted by molar-refractivity contribution is -0.123. The molecule has 1 aliphatic carbocycles. The second-order valence-corrected chi connectivity index (χ2v) is 5.97. The molecule has 1 aromatic carbocycles. The minimum Gasteiger partial charge on any atom is -0.483 e. The van der Waals surface area contributed by atoms with E-state index in [2.05, 4.69) is 5.32 Å². The van der Waals surface area contributed by atoms with E-state index in [1.165, 1.54) is 25.7 Å². The summed E-state index contributed by atoms with van der Waals surface area (Å²) in [6.07, 6.45) is 7.15. The van der Waals surface area contributed by atoms with Gasteiger partial charge in [-0.3, -0.25) is 4.79 Å². The number of amides is 1. The van der Waals surface area contributed by atoms with Crippen LogP contribution in [-0.4, -0.2) is 18.6 Å². The Kier molecular flexibility index (Phi) is 5.48. The molecule has 0 bridgehead atoms. The van der Waals surface area contributed by atoms with Gasteiger partial charge in [-0.1, -0.05) is 31.7 Å². The van der Waals surface area contributed by atoms with Crippen molar-refractivity contribution in [3.8, 4) is 5.75 Å². The average molecular weight is 290 g/mol. The fourth-order valence-corrected chi connectivity index (χ4v) is 2.90. The molecule has 3 N–H and O–H groups in total. The SMILES string of the molecule is Cc1ccc(N)c(C)c1OCC(=O)NC1CCCCCC1. The third-order valence-electron chi connectivity index (χ3n) is 4.21. The van der Waals surface area contributed by atoms with Gasteiger partial charge in [0.1, 0.15) is 5.75 Å². The Morgan fingerprint density at radius 2 is 1.90 bits per heavy atom. The number of ether oxygens (including phenoxy) is 1. The van der Waals surface area contributed by atoms with Gasteiger partial charge in [-0.15, -0.1) is 0 Å². The van der Waals surface area contributed by atoms with Gasteiger partial charge >= 0.3 is 0 Å². The van der Waals surface area contributed by atoms with Crippen molar-refractivity contribution in [1.29, 1.82) is 0 Å². The van der Waals surface area contributed by atoms with Gasteiger partial charge in [-0.25, -0.2) is 0 Å². The zero-order chi connectivity index (χ0) is 15.2. The summed E-state index contributed by atoms with van der Waals surface area (Å²) in [6, 6.07) is 4.09. The summed E-state index contributed by atoms with van der Waals surface area (Å²) >= 11 is 0. The molecule has 21 heavy (non-hydrogen) atoms. The lowest BCUT2D eigenvalue weighted by atomic mass is 10.1. The molecule has 0 heterocycles. The van der Waals surface area contributed by atoms with E-state index < -0.39 is 0 Å². The maximum atomic E-state index is 12.0. The Hall–Kier alpha value is -1.71. The summed E-state index contributed by atoms with van der Waals surface area (Å²) in [6.45, 7) is 3.94. The molecule has 1 fully saturated rings. The van der Waals surface area contributed by atoms with E-state index in [4.69, 9.17) is 10.5 Å². The van der Waals surface area contributed by atoms with Crippen LogP contribution in [0.5, 0.6) is 5.75 Å². The van der Waals surface area contributed by atoms with Gasteiger partial charge in [0.05, 0.1) is 0 Å². The first-order chi connectivity index (χ1) is 10.1. The maximum Gasteiger partial charge on any atom is 0.258 e. The molecule has 0 atom stereocenters. The van der Waals surface area contributed by atoms with Crippen molar-refractivity contribution in [2.24, 2.45) is 0 Å². The number of carbonyl (C=O) groups is 1. The topological polar surface area (TPSA) is 64.3 Å². The second kappa shape index (κ2) is 7.34. The number of rotatable bonds is 4. The minimum absolute atomic E-state index is 0.0388. The summed E-state index contributed by atoms with van der Waals surface area (Å²) < 4.78 is 5.69. The largest absolute Gasteiger partial charge is 0.483 e. The Morgan fingerprint density at radius 3 is 2.57 bits per heavy atom. The molecule has 0 saturated heterocycles. The Balaban J connectivity index is 1.88. The van der Waals surface area contributed by atoms with E-state index in [1.807, 2.05) is 26.0 Å². The van der Waals surface area contributed by atoms with Crippen LogP contribution in [0, 0.1) is 13.8 Å². The van der Waals surface area contributed by atoms with Gasteiger partial charge in [0.25, 0.3) is 5.91 Å². The lowest BCUT2D eigenvalue weighted by Crippen LogP contribution is -2.37. The van der Waals surface area contributed by atoms with Crippen molar-refractivity contribution in [2.45, 2.75) is 58.4 Å². The molecular formula is C17H26N2O2. The summed E-state index contributed by atoms with van der Waals surface area (Å²) in [5, 5.41) is 3.09. The molecule has 0 aliphatic heterocycles. The highest BCUT2D eigenvalue weighted by atomic mass is 16.5. The third-order valence-corrected chi connectivity index (χ3v) is 4.21. The molecule has 116 valence electrons. The molecule has 4 nitrogen and oxygen atoms in total. The summed E-state index contributed by atoms with van der Waals surface area (Å²) in [5.74, 6) is 0.689. The number of nitrogen functional groups attached to an aromatic ring is 1. The molecule has 1 saturated carbocycles. The van der Waals surface area contributed by atoms with Crippen LogP contribution in [0.25, 0.3) is 0 Å². The van der Waals surface area contributed by atoms with Gasteiger partial charge < -0.3 is 15.8 Å². The minimum atomic E-state index is -0.0388. The smallest absolute Gasteiger partial charge is 0.258 e. The molecule has 1 aliphatic rings. The molecule has 2 rings (SSSR count). The fourth-order valence-electron chi connectivity index (χ4n) is 2.90. The van der Waals surface area contributed by atoms with Crippen LogP contribution >= 0.6 is 0 Å². The zero-order valence-corrected chi connectivity index (χ0v) is 13.1. The number of aryl methyl sites for hydroxylation is 1. The standard InChI is InChI=1S/C17H26N2O2/c1-12-9-10-15(18)13(2)17(12)21-11-16(20)19-14-7-5-3-4-6-8-14/h9-10,14H,3-8,11,18H2,1-2H3,(H,19,20). The Morgan fingerprint density at radius 1 is 1.24 bits per heavy atom. The van der Waals surface area contributed by atoms with E-state index in [-0.39, 0.29) is 12.5 Å². The van der Waals surface area contributed by atoms with Crippen molar-refractivity contribution in [2.75, 3.05) is 12.3 Å². The number of hydrogen-bond donors (Lipinski definition) is 2. The van der Waals surface area contributed by atoms with Crippen LogP contribution in [0.1, 0.15) is 49.7 Å². The Bertz CT molecular complexity index is 492.